The minimum Gasteiger partial charge on any atom is -0.482 e. The van der Waals surface area contributed by atoms with Gasteiger partial charge in [0.05, 0.1) is 10.0 Å². The third kappa shape index (κ3) is 5.55. The Hall–Kier alpha value is -2.61. The average Bonchev–Trinajstić information content (AvgIpc) is 2.75. The van der Waals surface area contributed by atoms with Gasteiger partial charge in [0.2, 0.25) is 5.78 Å². The Morgan fingerprint density at radius 3 is 2.35 bits per heavy atom. The number of rotatable bonds is 9. The fraction of sp³-hybridized carbons (Fsp3) is 0.292. The summed E-state index contributed by atoms with van der Waals surface area (Å²) in [6, 6.07) is 11.2. The standard InChI is InChI=1S/C24H25BrO6/c1-24(2)11-10-17-19(29-14-27-3)13-20(30-15-28-4)21(23(17)31-24)22(26)18(25)12-16-8-6-5-7-9-16/h5-13H,14-15H2,1-4H3/b18-12-. The fourth-order valence-electron chi connectivity index (χ4n) is 3.05. The normalized spacial score (nSPS) is 14.5. The lowest BCUT2D eigenvalue weighted by Crippen LogP contribution is -2.29. The molecule has 0 spiro atoms. The SMILES string of the molecule is COCOc1cc(OCOC)c(C(=O)/C(Br)=C/c2ccccc2)c2c1C=CC(C)(C)O2. The van der Waals surface area contributed by atoms with E-state index in [1.165, 1.54) is 14.2 Å². The molecule has 2 aromatic carbocycles. The van der Waals surface area contributed by atoms with Gasteiger partial charge in [-0.15, -0.1) is 0 Å². The summed E-state index contributed by atoms with van der Waals surface area (Å²) < 4.78 is 28.2. The molecular formula is C24H25BrO6. The van der Waals surface area contributed by atoms with Crippen LogP contribution in [0, 0.1) is 0 Å². The molecule has 0 saturated heterocycles. The number of Topliss-reactive ketones (excluding diaryl/α,β-unsaturated/α-hetero) is 1. The highest BCUT2D eigenvalue weighted by Crippen LogP contribution is 2.46. The first kappa shape index (κ1) is 23.1. The van der Waals surface area contributed by atoms with Gasteiger partial charge in [-0.25, -0.2) is 0 Å². The molecule has 0 atom stereocenters. The van der Waals surface area contributed by atoms with E-state index in [2.05, 4.69) is 15.9 Å². The van der Waals surface area contributed by atoms with Gasteiger partial charge in [0.15, 0.2) is 13.6 Å². The number of ether oxygens (including phenoxy) is 5. The molecule has 3 rings (SSSR count). The van der Waals surface area contributed by atoms with Gasteiger partial charge in [0, 0.05) is 20.3 Å². The van der Waals surface area contributed by atoms with E-state index in [-0.39, 0.29) is 24.9 Å². The van der Waals surface area contributed by atoms with Crippen LogP contribution in [0.1, 0.15) is 35.3 Å². The Bertz CT molecular complexity index is 995. The van der Waals surface area contributed by atoms with Crippen LogP contribution < -0.4 is 14.2 Å². The van der Waals surface area contributed by atoms with Crippen molar-refractivity contribution in [2.75, 3.05) is 27.8 Å². The molecule has 2 aromatic rings. The largest absolute Gasteiger partial charge is 0.482 e. The van der Waals surface area contributed by atoms with Gasteiger partial charge in [-0.1, -0.05) is 30.3 Å². The molecule has 1 aliphatic rings. The Labute approximate surface area is 190 Å². The number of hydrogen-bond acceptors (Lipinski definition) is 6. The van der Waals surface area contributed by atoms with Crippen molar-refractivity contribution in [3.63, 3.8) is 0 Å². The summed E-state index contributed by atoms with van der Waals surface area (Å²) in [5, 5.41) is 0. The third-order valence-corrected chi connectivity index (χ3v) is 5.05. The van der Waals surface area contributed by atoms with Crippen molar-refractivity contribution in [3.8, 4) is 17.2 Å². The molecule has 0 aromatic heterocycles. The van der Waals surface area contributed by atoms with Crippen LogP contribution in [0.25, 0.3) is 12.2 Å². The number of ketones is 1. The molecule has 0 radical (unpaired) electrons. The Balaban J connectivity index is 2.15. The molecule has 0 amide bonds. The van der Waals surface area contributed by atoms with Gasteiger partial charge >= 0.3 is 0 Å². The second-order valence-electron chi connectivity index (χ2n) is 7.36. The summed E-state index contributed by atoms with van der Waals surface area (Å²) in [5.41, 5.74) is 1.20. The van der Waals surface area contributed by atoms with Gasteiger partial charge in [0.25, 0.3) is 0 Å². The fourth-order valence-corrected chi connectivity index (χ4v) is 3.51. The monoisotopic (exact) mass is 488 g/mol. The number of allylic oxidation sites excluding steroid dienone is 1. The minimum absolute atomic E-state index is 0.0396. The van der Waals surface area contributed by atoms with E-state index < -0.39 is 5.60 Å². The van der Waals surface area contributed by atoms with E-state index in [1.807, 2.05) is 56.3 Å². The number of halogens is 1. The second-order valence-corrected chi connectivity index (χ2v) is 8.22. The highest BCUT2D eigenvalue weighted by atomic mass is 79.9. The van der Waals surface area contributed by atoms with Crippen LogP contribution in [0.2, 0.25) is 0 Å². The van der Waals surface area contributed by atoms with Gasteiger partial charge < -0.3 is 23.7 Å². The lowest BCUT2D eigenvalue weighted by atomic mass is 9.96. The molecule has 1 aliphatic heterocycles. The van der Waals surface area contributed by atoms with Crippen molar-refractivity contribution in [2.45, 2.75) is 19.4 Å². The van der Waals surface area contributed by atoms with Crippen molar-refractivity contribution in [3.05, 3.63) is 63.6 Å². The summed E-state index contributed by atoms with van der Waals surface area (Å²) in [6.07, 6.45) is 5.55. The van der Waals surface area contributed by atoms with Gasteiger partial charge in [-0.05, 0) is 53.6 Å². The molecule has 1 heterocycles. The van der Waals surface area contributed by atoms with Crippen molar-refractivity contribution < 1.29 is 28.5 Å². The maximum Gasteiger partial charge on any atom is 0.207 e. The van der Waals surface area contributed by atoms with Crippen molar-refractivity contribution in [1.29, 1.82) is 0 Å². The molecule has 164 valence electrons. The van der Waals surface area contributed by atoms with Crippen LogP contribution >= 0.6 is 15.9 Å². The van der Waals surface area contributed by atoms with Crippen molar-refractivity contribution in [2.24, 2.45) is 0 Å². The summed E-state index contributed by atoms with van der Waals surface area (Å²) in [5.74, 6) is 0.877. The van der Waals surface area contributed by atoms with Gasteiger partial charge in [0.1, 0.15) is 28.4 Å². The summed E-state index contributed by atoms with van der Waals surface area (Å²) in [4.78, 5) is 13.5. The lowest BCUT2D eigenvalue weighted by Gasteiger charge is -2.31. The van der Waals surface area contributed by atoms with Crippen LogP contribution in [0.4, 0.5) is 0 Å². The molecule has 0 fully saturated rings. The Morgan fingerprint density at radius 2 is 1.71 bits per heavy atom. The van der Waals surface area contributed by atoms with Crippen LogP contribution in [0.15, 0.2) is 47.0 Å². The van der Waals surface area contributed by atoms with Crippen LogP contribution in [0.5, 0.6) is 17.2 Å². The minimum atomic E-state index is -0.615. The predicted molar refractivity (Wildman–Crippen MR) is 123 cm³/mol. The quantitative estimate of drug-likeness (QED) is 0.265. The zero-order valence-electron chi connectivity index (χ0n) is 17.9. The van der Waals surface area contributed by atoms with Crippen LogP contribution in [-0.2, 0) is 9.47 Å². The summed E-state index contributed by atoms with van der Waals surface area (Å²) >= 11 is 3.44. The lowest BCUT2D eigenvalue weighted by molar-refractivity contribution is 0.0444. The van der Waals surface area contributed by atoms with Crippen LogP contribution in [-0.4, -0.2) is 39.2 Å². The molecule has 0 bridgehead atoms. The highest BCUT2D eigenvalue weighted by Gasteiger charge is 2.32. The maximum absolute atomic E-state index is 13.5. The summed E-state index contributed by atoms with van der Waals surface area (Å²) in [7, 11) is 3.05. The predicted octanol–water partition coefficient (Wildman–Crippen LogP) is 5.45. The van der Waals surface area contributed by atoms with Gasteiger partial charge in [-0.2, -0.15) is 0 Å². The molecule has 0 N–H and O–H groups in total. The Kier molecular flexibility index (Phi) is 7.54. The molecular weight excluding hydrogens is 464 g/mol. The first-order valence-corrected chi connectivity index (χ1v) is 10.4. The summed E-state index contributed by atoms with van der Waals surface area (Å²) in [6.45, 7) is 3.82. The molecule has 0 saturated carbocycles. The number of hydrogen-bond donors (Lipinski definition) is 0. The molecule has 0 unspecified atom stereocenters. The van der Waals surface area contributed by atoms with Gasteiger partial charge in [-0.3, -0.25) is 4.79 Å². The van der Waals surface area contributed by atoms with E-state index in [9.17, 15) is 4.79 Å². The molecule has 31 heavy (non-hydrogen) atoms. The van der Waals surface area contributed by atoms with E-state index in [0.717, 1.165) is 5.56 Å². The maximum atomic E-state index is 13.5. The molecule has 6 nitrogen and oxygen atoms in total. The second kappa shape index (κ2) is 10.1. The first-order valence-electron chi connectivity index (χ1n) is 9.66. The molecule has 0 aliphatic carbocycles. The van der Waals surface area contributed by atoms with E-state index in [0.29, 0.717) is 27.3 Å². The third-order valence-electron chi connectivity index (χ3n) is 4.46. The number of carbonyl (C=O) groups excluding carboxylic acids is 1. The number of benzene rings is 2. The number of carbonyl (C=O) groups is 1. The zero-order valence-corrected chi connectivity index (χ0v) is 19.5. The zero-order chi connectivity index (χ0) is 22.4. The van der Waals surface area contributed by atoms with E-state index in [1.54, 1.807) is 12.1 Å². The number of methoxy groups -OCH3 is 2. The van der Waals surface area contributed by atoms with Crippen molar-refractivity contribution in [1.82, 2.24) is 0 Å². The smallest absolute Gasteiger partial charge is 0.207 e. The average molecular weight is 489 g/mol. The Morgan fingerprint density at radius 1 is 1.06 bits per heavy atom. The number of fused-ring (bicyclic) bond motifs is 1. The first-order chi connectivity index (χ1) is 14.9. The van der Waals surface area contributed by atoms with E-state index in [4.69, 9.17) is 23.7 Å². The topological polar surface area (TPSA) is 63.2 Å². The van der Waals surface area contributed by atoms with Crippen molar-refractivity contribution >= 4 is 33.9 Å². The van der Waals surface area contributed by atoms with Crippen LogP contribution in [0.3, 0.4) is 0 Å². The van der Waals surface area contributed by atoms with E-state index >= 15 is 0 Å². The highest BCUT2D eigenvalue weighted by molar-refractivity contribution is 9.12. The molecule has 7 heteroatoms.